The number of carbonyl (C=O) groups is 3. The Morgan fingerprint density at radius 1 is 1.11 bits per heavy atom. The van der Waals surface area contributed by atoms with Gasteiger partial charge in [-0.3, -0.25) is 4.79 Å². The van der Waals surface area contributed by atoms with Gasteiger partial charge in [-0.2, -0.15) is 0 Å². The number of rotatable bonds is 11. The number of halogens is 1. The third-order valence-corrected chi connectivity index (χ3v) is 7.73. The number of anilines is 1. The zero-order valence-corrected chi connectivity index (χ0v) is 23.4. The van der Waals surface area contributed by atoms with E-state index in [2.05, 4.69) is 15.5 Å². The molecule has 0 atom stereocenters. The maximum absolute atomic E-state index is 12.7. The van der Waals surface area contributed by atoms with Crippen LogP contribution in [0.3, 0.4) is 0 Å². The Labute approximate surface area is 227 Å². The SMILES string of the molecule is CCOC(=O)c1sc(NC(=O)CSc2nnc(COc3ccc(Cl)c(C)c3)n2C)c(C(=O)OCC)c1C. The number of ether oxygens (including phenoxy) is 3. The minimum absolute atomic E-state index is 0.00282. The minimum Gasteiger partial charge on any atom is -0.486 e. The quantitative estimate of drug-likeness (QED) is 0.257. The Hall–Kier alpha value is -3.09. The van der Waals surface area contributed by atoms with Gasteiger partial charge < -0.3 is 24.1 Å². The van der Waals surface area contributed by atoms with Crippen molar-refractivity contribution in [2.45, 2.75) is 39.5 Å². The van der Waals surface area contributed by atoms with Crippen molar-refractivity contribution in [3.63, 3.8) is 0 Å². The molecule has 3 rings (SSSR count). The largest absolute Gasteiger partial charge is 0.486 e. The van der Waals surface area contributed by atoms with E-state index in [1.807, 2.05) is 13.0 Å². The average molecular weight is 567 g/mol. The molecule has 2 aromatic heterocycles. The molecule has 10 nitrogen and oxygen atoms in total. The summed E-state index contributed by atoms with van der Waals surface area (Å²) in [4.78, 5) is 37.8. The van der Waals surface area contributed by atoms with Crippen LogP contribution in [0, 0.1) is 13.8 Å². The van der Waals surface area contributed by atoms with Crippen LogP contribution in [0.15, 0.2) is 23.4 Å². The van der Waals surface area contributed by atoms with Gasteiger partial charge in [0.05, 0.1) is 24.5 Å². The second-order valence-electron chi connectivity index (χ2n) is 7.70. The number of thiophene rings is 1. The normalized spacial score (nSPS) is 10.8. The molecule has 0 aliphatic rings. The fourth-order valence-corrected chi connectivity index (χ4v) is 5.14. The summed E-state index contributed by atoms with van der Waals surface area (Å²) in [6.07, 6.45) is 0. The number of thioether (sulfide) groups is 1. The molecule has 0 aliphatic carbocycles. The topological polar surface area (TPSA) is 122 Å². The second kappa shape index (κ2) is 12.9. The van der Waals surface area contributed by atoms with Crippen molar-refractivity contribution >= 4 is 57.5 Å². The van der Waals surface area contributed by atoms with Crippen LogP contribution >= 0.6 is 34.7 Å². The molecule has 0 spiro atoms. The van der Waals surface area contributed by atoms with E-state index < -0.39 is 11.9 Å². The van der Waals surface area contributed by atoms with E-state index in [4.69, 9.17) is 25.8 Å². The molecule has 0 unspecified atom stereocenters. The number of carbonyl (C=O) groups excluding carboxylic acids is 3. The first-order valence-corrected chi connectivity index (χ1v) is 13.5. The highest BCUT2D eigenvalue weighted by Crippen LogP contribution is 2.34. The van der Waals surface area contributed by atoms with Crippen LogP contribution in [0.1, 0.15) is 50.8 Å². The van der Waals surface area contributed by atoms with Crippen molar-refractivity contribution in [1.29, 1.82) is 0 Å². The lowest BCUT2D eigenvalue weighted by atomic mass is 10.1. The highest BCUT2D eigenvalue weighted by molar-refractivity contribution is 7.99. The number of nitrogens with one attached hydrogen (secondary N) is 1. The molecule has 0 radical (unpaired) electrons. The second-order valence-corrected chi connectivity index (χ2v) is 10.1. The average Bonchev–Trinajstić information content (AvgIpc) is 3.37. The molecule has 0 fully saturated rings. The first-order valence-electron chi connectivity index (χ1n) is 11.3. The molecule has 0 saturated heterocycles. The summed E-state index contributed by atoms with van der Waals surface area (Å²) in [7, 11) is 1.78. The number of esters is 2. The lowest BCUT2D eigenvalue weighted by Gasteiger charge is -2.08. The molecule has 0 bridgehead atoms. The first kappa shape index (κ1) is 28.5. The Kier molecular flexibility index (Phi) is 9.95. The maximum Gasteiger partial charge on any atom is 0.348 e. The van der Waals surface area contributed by atoms with E-state index in [0.29, 0.717) is 27.3 Å². The zero-order chi connectivity index (χ0) is 27.1. The Morgan fingerprint density at radius 3 is 2.49 bits per heavy atom. The van der Waals surface area contributed by atoms with Gasteiger partial charge in [0.25, 0.3) is 0 Å². The summed E-state index contributed by atoms with van der Waals surface area (Å²) >= 11 is 8.20. The lowest BCUT2D eigenvalue weighted by Crippen LogP contribution is -2.17. The van der Waals surface area contributed by atoms with Gasteiger partial charge in [0.1, 0.15) is 22.2 Å². The lowest BCUT2D eigenvalue weighted by molar-refractivity contribution is -0.113. The fraction of sp³-hybridized carbons (Fsp3) is 0.375. The van der Waals surface area contributed by atoms with Gasteiger partial charge in [0.2, 0.25) is 5.91 Å². The highest BCUT2D eigenvalue weighted by Gasteiger charge is 2.27. The fourth-order valence-electron chi connectivity index (χ4n) is 3.19. The van der Waals surface area contributed by atoms with Gasteiger partial charge >= 0.3 is 11.9 Å². The van der Waals surface area contributed by atoms with E-state index in [0.717, 1.165) is 16.9 Å². The molecule has 0 aliphatic heterocycles. The van der Waals surface area contributed by atoms with Crippen molar-refractivity contribution < 1.29 is 28.6 Å². The van der Waals surface area contributed by atoms with Crippen molar-refractivity contribution in [1.82, 2.24) is 14.8 Å². The molecule has 13 heteroatoms. The van der Waals surface area contributed by atoms with E-state index in [9.17, 15) is 14.4 Å². The van der Waals surface area contributed by atoms with Crippen molar-refractivity contribution in [3.05, 3.63) is 50.6 Å². The van der Waals surface area contributed by atoms with Crippen LogP contribution in [0.25, 0.3) is 0 Å². The van der Waals surface area contributed by atoms with Gasteiger partial charge in [-0.25, -0.2) is 9.59 Å². The molecule has 37 heavy (non-hydrogen) atoms. The first-order chi connectivity index (χ1) is 17.7. The molecule has 1 amide bonds. The maximum atomic E-state index is 12.7. The summed E-state index contributed by atoms with van der Waals surface area (Å²) in [5, 5.41) is 12.4. The molecule has 0 saturated carbocycles. The van der Waals surface area contributed by atoms with Crippen LogP contribution in [-0.4, -0.2) is 51.6 Å². The predicted molar refractivity (Wildman–Crippen MR) is 142 cm³/mol. The number of benzene rings is 1. The van der Waals surface area contributed by atoms with E-state index in [1.54, 1.807) is 44.5 Å². The predicted octanol–water partition coefficient (Wildman–Crippen LogP) is 4.81. The Morgan fingerprint density at radius 2 is 1.81 bits per heavy atom. The molecule has 3 aromatic rings. The smallest absolute Gasteiger partial charge is 0.348 e. The van der Waals surface area contributed by atoms with Crippen molar-refractivity contribution in [3.8, 4) is 5.75 Å². The summed E-state index contributed by atoms with van der Waals surface area (Å²) in [6.45, 7) is 7.41. The number of hydrogen-bond donors (Lipinski definition) is 1. The Balaban J connectivity index is 1.66. The van der Waals surface area contributed by atoms with Crippen LogP contribution in [0.2, 0.25) is 5.02 Å². The van der Waals surface area contributed by atoms with Gasteiger partial charge in [-0.15, -0.1) is 21.5 Å². The third-order valence-electron chi connectivity index (χ3n) is 5.09. The molecule has 2 heterocycles. The van der Waals surface area contributed by atoms with Crippen LogP contribution in [-0.2, 0) is 27.9 Å². The zero-order valence-electron chi connectivity index (χ0n) is 21.0. The standard InChI is InChI=1S/C24H27ClN4O6S2/c1-6-33-22(31)19-14(4)20(23(32)34-7-2)37-21(19)26-18(30)12-36-24-28-27-17(29(24)5)11-35-15-8-9-16(25)13(3)10-15/h8-10H,6-7,11-12H2,1-5H3,(H,26,30). The number of aromatic nitrogens is 3. The number of nitrogens with zero attached hydrogens (tertiary/aromatic N) is 3. The third kappa shape index (κ3) is 7.02. The van der Waals surface area contributed by atoms with Crippen molar-refractivity contribution in [2.75, 3.05) is 24.3 Å². The summed E-state index contributed by atoms with van der Waals surface area (Å²) in [6, 6.07) is 5.37. The number of aryl methyl sites for hydroxylation is 1. The summed E-state index contributed by atoms with van der Waals surface area (Å²) in [5.41, 5.74) is 1.45. The molecule has 1 aromatic carbocycles. The summed E-state index contributed by atoms with van der Waals surface area (Å²) in [5.74, 6) is -0.337. The van der Waals surface area contributed by atoms with Crippen molar-refractivity contribution in [2.24, 2.45) is 7.05 Å². The molecular formula is C24H27ClN4O6S2. The van der Waals surface area contributed by atoms with E-state index >= 15 is 0 Å². The minimum atomic E-state index is -0.622. The monoisotopic (exact) mass is 566 g/mol. The summed E-state index contributed by atoms with van der Waals surface area (Å²) < 4.78 is 17.7. The van der Waals surface area contributed by atoms with E-state index in [1.165, 1.54) is 11.8 Å². The van der Waals surface area contributed by atoms with E-state index in [-0.39, 0.29) is 46.9 Å². The van der Waals surface area contributed by atoms with Gasteiger partial charge in [-0.05, 0) is 57.0 Å². The molecular weight excluding hydrogens is 540 g/mol. The van der Waals surface area contributed by atoms with Crippen LogP contribution in [0.4, 0.5) is 5.00 Å². The molecule has 1 N–H and O–H groups in total. The van der Waals surface area contributed by atoms with Gasteiger partial charge in [0, 0.05) is 12.1 Å². The molecule has 198 valence electrons. The van der Waals surface area contributed by atoms with Crippen LogP contribution < -0.4 is 10.1 Å². The van der Waals surface area contributed by atoms with Crippen LogP contribution in [0.5, 0.6) is 5.75 Å². The highest BCUT2D eigenvalue weighted by atomic mass is 35.5. The van der Waals surface area contributed by atoms with Gasteiger partial charge in [0.15, 0.2) is 11.0 Å². The Bertz CT molecular complexity index is 1310. The number of amides is 1. The number of hydrogen-bond acceptors (Lipinski definition) is 10. The van der Waals surface area contributed by atoms with Gasteiger partial charge in [-0.1, -0.05) is 23.4 Å².